The summed E-state index contributed by atoms with van der Waals surface area (Å²) in [6, 6.07) is 15.3. The highest BCUT2D eigenvalue weighted by Crippen LogP contribution is 2.37. The van der Waals surface area contributed by atoms with Gasteiger partial charge in [0.05, 0.1) is 24.4 Å². The van der Waals surface area contributed by atoms with Gasteiger partial charge in [-0.05, 0) is 49.1 Å². The molecule has 0 radical (unpaired) electrons. The Morgan fingerprint density at radius 3 is 2.83 bits per heavy atom. The molecule has 180 valence electrons. The Balaban J connectivity index is 1.37. The molecule has 0 fully saturated rings. The minimum Gasteiger partial charge on any atom is -0.494 e. The monoisotopic (exact) mass is 490 g/mol. The third kappa shape index (κ3) is 5.97. The van der Waals surface area contributed by atoms with E-state index in [1.165, 1.54) is 11.3 Å². The van der Waals surface area contributed by atoms with Crippen molar-refractivity contribution in [2.75, 3.05) is 18.5 Å². The van der Waals surface area contributed by atoms with Crippen molar-refractivity contribution < 1.29 is 19.1 Å². The van der Waals surface area contributed by atoms with Gasteiger partial charge in [-0.15, -0.1) is 11.3 Å². The maximum atomic E-state index is 12.7. The van der Waals surface area contributed by atoms with Crippen molar-refractivity contribution in [2.45, 2.75) is 39.3 Å². The lowest BCUT2D eigenvalue weighted by molar-refractivity contribution is -0.116. The number of anilines is 1. The fourth-order valence-corrected chi connectivity index (χ4v) is 5.15. The van der Waals surface area contributed by atoms with E-state index in [0.717, 1.165) is 21.8 Å². The topological polar surface area (TPSA) is 105 Å². The number of hydrogen-bond donors (Lipinski definition) is 1. The zero-order chi connectivity index (χ0) is 24.6. The number of nitrogens with zero attached hydrogens (tertiary/aromatic N) is 3. The van der Waals surface area contributed by atoms with Crippen LogP contribution in [0.2, 0.25) is 0 Å². The van der Waals surface area contributed by atoms with Crippen LogP contribution in [0.15, 0.2) is 48.7 Å². The van der Waals surface area contributed by atoms with E-state index in [-0.39, 0.29) is 18.9 Å². The molecule has 0 spiro atoms. The first-order chi connectivity index (χ1) is 17.1. The van der Waals surface area contributed by atoms with Crippen molar-refractivity contribution in [1.82, 2.24) is 9.88 Å². The molecule has 9 heteroatoms. The van der Waals surface area contributed by atoms with Crippen LogP contribution < -0.4 is 10.1 Å². The minimum atomic E-state index is -0.424. The molecule has 1 N–H and O–H groups in total. The summed E-state index contributed by atoms with van der Waals surface area (Å²) in [6.07, 6.45) is 2.56. The molecule has 3 aromatic rings. The summed E-state index contributed by atoms with van der Waals surface area (Å²) >= 11 is 1.34. The number of hydrogen-bond acceptors (Lipinski definition) is 7. The van der Waals surface area contributed by atoms with Gasteiger partial charge in [-0.3, -0.25) is 9.78 Å². The number of thiophene rings is 1. The quantitative estimate of drug-likeness (QED) is 0.492. The van der Waals surface area contributed by atoms with Gasteiger partial charge in [-0.2, -0.15) is 5.26 Å². The Morgan fingerprint density at radius 2 is 2.06 bits per heavy atom. The number of rotatable bonds is 8. The highest BCUT2D eigenvalue weighted by atomic mass is 32.1. The van der Waals surface area contributed by atoms with Gasteiger partial charge in [0.1, 0.15) is 23.4 Å². The number of ether oxygens (including phenoxy) is 2. The number of aryl methyl sites for hydroxylation is 1. The first-order valence-electron chi connectivity index (χ1n) is 11.5. The van der Waals surface area contributed by atoms with Gasteiger partial charge in [-0.25, -0.2) is 4.79 Å². The molecule has 0 saturated carbocycles. The summed E-state index contributed by atoms with van der Waals surface area (Å²) in [5.74, 6) is 0.611. The smallest absolute Gasteiger partial charge is 0.410 e. The SMILES string of the molecule is CCOc1ccccc1CCC(=O)Nc1sc2c(c1C#N)CCN(C(=O)OCc1ccccn1)C2. The number of amides is 2. The molecular formula is C26H26N4O4S. The van der Waals surface area contributed by atoms with Crippen LogP contribution in [0, 0.1) is 11.3 Å². The highest BCUT2D eigenvalue weighted by molar-refractivity contribution is 7.16. The summed E-state index contributed by atoms with van der Waals surface area (Å²) in [7, 11) is 0. The average Bonchev–Trinajstić information content (AvgIpc) is 3.23. The van der Waals surface area contributed by atoms with Crippen LogP contribution in [0.3, 0.4) is 0 Å². The highest BCUT2D eigenvalue weighted by Gasteiger charge is 2.28. The van der Waals surface area contributed by atoms with Gasteiger partial charge in [-0.1, -0.05) is 24.3 Å². The second kappa shape index (κ2) is 11.5. The van der Waals surface area contributed by atoms with Gasteiger partial charge in [0.25, 0.3) is 0 Å². The Hall–Kier alpha value is -3.90. The summed E-state index contributed by atoms with van der Waals surface area (Å²) in [5, 5.41) is 13.2. The van der Waals surface area contributed by atoms with Crippen molar-refractivity contribution in [3.05, 3.63) is 75.9 Å². The molecule has 35 heavy (non-hydrogen) atoms. The Kier molecular flexibility index (Phi) is 7.95. The van der Waals surface area contributed by atoms with Gasteiger partial charge in [0.2, 0.25) is 5.91 Å². The molecule has 3 heterocycles. The number of benzene rings is 1. The first-order valence-corrected chi connectivity index (χ1v) is 12.3. The molecule has 2 amide bonds. The van der Waals surface area contributed by atoms with Crippen molar-refractivity contribution in [3.8, 4) is 11.8 Å². The minimum absolute atomic E-state index is 0.102. The van der Waals surface area contributed by atoms with Crippen LogP contribution in [-0.4, -0.2) is 35.0 Å². The molecule has 2 aromatic heterocycles. The van der Waals surface area contributed by atoms with Crippen molar-refractivity contribution in [2.24, 2.45) is 0 Å². The van der Waals surface area contributed by atoms with Crippen LogP contribution in [0.4, 0.5) is 9.80 Å². The lowest BCUT2D eigenvalue weighted by atomic mass is 10.0. The number of nitriles is 1. The average molecular weight is 491 g/mol. The van der Waals surface area contributed by atoms with E-state index in [0.29, 0.717) is 48.8 Å². The summed E-state index contributed by atoms with van der Waals surface area (Å²) < 4.78 is 11.0. The van der Waals surface area contributed by atoms with E-state index in [4.69, 9.17) is 9.47 Å². The number of carbonyl (C=O) groups excluding carboxylic acids is 2. The fourth-order valence-electron chi connectivity index (χ4n) is 3.92. The van der Waals surface area contributed by atoms with E-state index in [2.05, 4.69) is 16.4 Å². The Bertz CT molecular complexity index is 1240. The maximum absolute atomic E-state index is 12.7. The zero-order valence-corrected chi connectivity index (χ0v) is 20.3. The third-order valence-corrected chi connectivity index (χ3v) is 6.78. The molecule has 0 saturated heterocycles. The lowest BCUT2D eigenvalue weighted by Gasteiger charge is -2.26. The predicted molar refractivity (Wildman–Crippen MR) is 132 cm³/mol. The van der Waals surface area contributed by atoms with E-state index in [1.54, 1.807) is 23.2 Å². The zero-order valence-electron chi connectivity index (χ0n) is 19.5. The van der Waals surface area contributed by atoms with Crippen molar-refractivity contribution in [3.63, 3.8) is 0 Å². The number of carbonyl (C=O) groups is 2. The van der Waals surface area contributed by atoms with Crippen LogP contribution >= 0.6 is 11.3 Å². The normalized spacial score (nSPS) is 12.4. The maximum Gasteiger partial charge on any atom is 0.410 e. The Morgan fingerprint density at radius 1 is 1.23 bits per heavy atom. The Labute approximate surface area is 208 Å². The second-order valence-electron chi connectivity index (χ2n) is 7.96. The molecule has 1 aromatic carbocycles. The van der Waals surface area contributed by atoms with Crippen LogP contribution in [0.5, 0.6) is 5.75 Å². The van der Waals surface area contributed by atoms with Gasteiger partial charge < -0.3 is 19.7 Å². The third-order valence-electron chi connectivity index (χ3n) is 5.64. The predicted octanol–water partition coefficient (Wildman–Crippen LogP) is 4.68. The molecular weight excluding hydrogens is 464 g/mol. The molecule has 0 unspecified atom stereocenters. The first kappa shape index (κ1) is 24.2. The van der Waals surface area contributed by atoms with Gasteiger partial charge in [0, 0.05) is 24.0 Å². The number of fused-ring (bicyclic) bond motifs is 1. The van der Waals surface area contributed by atoms with E-state index < -0.39 is 6.09 Å². The van der Waals surface area contributed by atoms with E-state index in [1.807, 2.05) is 37.3 Å². The molecule has 8 nitrogen and oxygen atoms in total. The van der Waals surface area contributed by atoms with E-state index >= 15 is 0 Å². The lowest BCUT2D eigenvalue weighted by Crippen LogP contribution is -2.35. The van der Waals surface area contributed by atoms with Gasteiger partial charge in [0.15, 0.2) is 0 Å². The molecule has 1 aliphatic heterocycles. The second-order valence-corrected chi connectivity index (χ2v) is 9.06. The molecule has 0 bridgehead atoms. The summed E-state index contributed by atoms with van der Waals surface area (Å²) in [5.41, 5.74) is 3.02. The van der Waals surface area contributed by atoms with Crippen molar-refractivity contribution >= 4 is 28.3 Å². The molecule has 4 rings (SSSR count). The standard InChI is InChI=1S/C26H26N4O4S/c1-2-33-22-9-4-3-7-18(22)10-11-24(31)29-25-21(15-27)20-12-14-30(16-23(20)35-25)26(32)34-17-19-8-5-6-13-28-19/h3-9,13H,2,10-12,14,16-17H2,1H3,(H,29,31). The number of nitrogens with one attached hydrogen (secondary N) is 1. The number of aromatic nitrogens is 1. The van der Waals surface area contributed by atoms with Crippen LogP contribution in [-0.2, 0) is 35.5 Å². The largest absolute Gasteiger partial charge is 0.494 e. The molecule has 1 aliphatic rings. The summed E-state index contributed by atoms with van der Waals surface area (Å²) in [6.45, 7) is 3.37. The summed E-state index contributed by atoms with van der Waals surface area (Å²) in [4.78, 5) is 31.9. The molecule has 0 atom stereocenters. The fraction of sp³-hybridized carbons (Fsp3) is 0.308. The van der Waals surface area contributed by atoms with Crippen molar-refractivity contribution in [1.29, 1.82) is 5.26 Å². The number of pyridine rings is 1. The van der Waals surface area contributed by atoms with Crippen LogP contribution in [0.25, 0.3) is 0 Å². The van der Waals surface area contributed by atoms with E-state index in [9.17, 15) is 14.9 Å². The van der Waals surface area contributed by atoms with Crippen LogP contribution in [0.1, 0.15) is 40.6 Å². The number of para-hydroxylation sites is 1. The van der Waals surface area contributed by atoms with Gasteiger partial charge >= 0.3 is 6.09 Å². The molecule has 0 aliphatic carbocycles.